The summed E-state index contributed by atoms with van der Waals surface area (Å²) in [7, 11) is 1.52. The number of carbonyl (C=O) groups is 2. The molecule has 0 aliphatic rings. The number of nitrogens with zero attached hydrogens (tertiary/aromatic N) is 2. The summed E-state index contributed by atoms with van der Waals surface area (Å²) in [5.41, 5.74) is 1.40. The Morgan fingerprint density at radius 1 is 1.10 bits per heavy atom. The van der Waals surface area contributed by atoms with Crippen molar-refractivity contribution in [2.24, 2.45) is 0 Å². The Kier molecular flexibility index (Phi) is 4.45. The highest BCUT2D eigenvalue weighted by atomic mass is 16.4. The van der Waals surface area contributed by atoms with Crippen molar-refractivity contribution < 1.29 is 14.7 Å². The minimum Gasteiger partial charge on any atom is -0.478 e. The maximum Gasteiger partial charge on any atom is 0.335 e. The fourth-order valence-corrected chi connectivity index (χ4v) is 1.63. The summed E-state index contributed by atoms with van der Waals surface area (Å²) in [6.45, 7) is 0.480. The summed E-state index contributed by atoms with van der Waals surface area (Å²) in [5, 5.41) is 22.0. The van der Waals surface area contributed by atoms with Crippen LogP contribution in [0.2, 0.25) is 0 Å². The molecule has 21 heavy (non-hydrogen) atoms. The van der Waals surface area contributed by atoms with Crippen LogP contribution in [-0.4, -0.2) is 34.2 Å². The first-order valence-corrected chi connectivity index (χ1v) is 6.22. The molecule has 0 aliphatic heterocycles. The van der Waals surface area contributed by atoms with Crippen molar-refractivity contribution in [2.75, 3.05) is 12.4 Å². The van der Waals surface area contributed by atoms with E-state index in [1.807, 2.05) is 0 Å². The molecule has 1 amide bonds. The Hall–Kier alpha value is -2.96. The van der Waals surface area contributed by atoms with E-state index in [-0.39, 0.29) is 17.2 Å². The number of carboxylic acids is 1. The number of amides is 1. The minimum absolute atomic E-state index is 0.244. The molecule has 1 aromatic carbocycles. The van der Waals surface area contributed by atoms with Crippen molar-refractivity contribution in [3.05, 3.63) is 53.2 Å². The second-order valence-electron chi connectivity index (χ2n) is 4.24. The molecule has 0 spiro atoms. The van der Waals surface area contributed by atoms with E-state index >= 15 is 0 Å². The number of carboxylic acid groups (broad SMARTS) is 1. The first-order valence-electron chi connectivity index (χ1n) is 6.22. The first-order chi connectivity index (χ1) is 10.1. The summed E-state index contributed by atoms with van der Waals surface area (Å²) in [5.74, 6) is -0.714. The number of rotatable bonds is 5. The van der Waals surface area contributed by atoms with Crippen LogP contribution < -0.4 is 10.6 Å². The predicted molar refractivity (Wildman–Crippen MR) is 76.2 cm³/mol. The van der Waals surface area contributed by atoms with Crippen LogP contribution in [0, 0.1) is 0 Å². The van der Waals surface area contributed by atoms with Gasteiger partial charge in [0.25, 0.3) is 5.91 Å². The normalized spacial score (nSPS) is 9.95. The van der Waals surface area contributed by atoms with Crippen LogP contribution in [0.1, 0.15) is 26.4 Å². The van der Waals surface area contributed by atoms with E-state index in [4.69, 9.17) is 5.11 Å². The highest BCUT2D eigenvalue weighted by Crippen LogP contribution is 2.08. The molecule has 1 aromatic heterocycles. The number of hydrogen-bond acceptors (Lipinski definition) is 5. The Morgan fingerprint density at radius 3 is 2.33 bits per heavy atom. The van der Waals surface area contributed by atoms with Crippen LogP contribution >= 0.6 is 0 Å². The second kappa shape index (κ2) is 6.47. The zero-order valence-electron chi connectivity index (χ0n) is 11.3. The lowest BCUT2D eigenvalue weighted by Gasteiger charge is -2.06. The highest BCUT2D eigenvalue weighted by molar-refractivity contribution is 5.91. The quantitative estimate of drug-likeness (QED) is 0.761. The van der Waals surface area contributed by atoms with E-state index < -0.39 is 5.97 Å². The SMILES string of the molecule is CNC(=O)c1ccc(NCc2ccc(C(=O)O)cc2)nn1. The summed E-state index contributed by atoms with van der Waals surface area (Å²) in [6.07, 6.45) is 0. The molecule has 7 heteroatoms. The zero-order valence-corrected chi connectivity index (χ0v) is 11.3. The van der Waals surface area contributed by atoms with E-state index in [1.165, 1.54) is 7.05 Å². The smallest absolute Gasteiger partial charge is 0.335 e. The van der Waals surface area contributed by atoms with E-state index in [0.29, 0.717) is 12.4 Å². The molecule has 3 N–H and O–H groups in total. The zero-order chi connectivity index (χ0) is 15.2. The third kappa shape index (κ3) is 3.75. The maximum absolute atomic E-state index is 11.3. The van der Waals surface area contributed by atoms with E-state index in [9.17, 15) is 9.59 Å². The lowest BCUT2D eigenvalue weighted by molar-refractivity contribution is 0.0696. The molecule has 2 rings (SSSR count). The monoisotopic (exact) mass is 286 g/mol. The fourth-order valence-electron chi connectivity index (χ4n) is 1.63. The maximum atomic E-state index is 11.3. The summed E-state index contributed by atoms with van der Waals surface area (Å²) >= 11 is 0. The Balaban J connectivity index is 1.96. The number of hydrogen-bond donors (Lipinski definition) is 3. The molecule has 2 aromatic rings. The van der Waals surface area contributed by atoms with Gasteiger partial charge in [0.15, 0.2) is 5.69 Å². The molecular weight excluding hydrogens is 272 g/mol. The Bertz CT molecular complexity index is 638. The third-order valence-corrected chi connectivity index (χ3v) is 2.80. The summed E-state index contributed by atoms with van der Waals surface area (Å²) in [6, 6.07) is 9.76. The molecule has 0 unspecified atom stereocenters. The number of anilines is 1. The molecule has 1 heterocycles. The van der Waals surface area contributed by atoms with Gasteiger partial charge in [-0.05, 0) is 29.8 Å². The van der Waals surface area contributed by atoms with Gasteiger partial charge in [0.2, 0.25) is 0 Å². The number of nitrogens with one attached hydrogen (secondary N) is 2. The van der Waals surface area contributed by atoms with Crippen molar-refractivity contribution in [3.63, 3.8) is 0 Å². The van der Waals surface area contributed by atoms with E-state index in [0.717, 1.165) is 5.56 Å². The molecule has 108 valence electrons. The molecule has 7 nitrogen and oxygen atoms in total. The van der Waals surface area contributed by atoms with Crippen LogP contribution in [0.4, 0.5) is 5.82 Å². The van der Waals surface area contributed by atoms with Crippen molar-refractivity contribution in [1.82, 2.24) is 15.5 Å². The average molecular weight is 286 g/mol. The van der Waals surface area contributed by atoms with Gasteiger partial charge in [-0.25, -0.2) is 4.79 Å². The Labute approximate surface area is 121 Å². The Morgan fingerprint density at radius 2 is 1.81 bits per heavy atom. The average Bonchev–Trinajstić information content (AvgIpc) is 2.53. The number of benzene rings is 1. The molecule has 0 saturated carbocycles. The molecule has 0 atom stereocenters. The van der Waals surface area contributed by atoms with Gasteiger partial charge in [0.05, 0.1) is 5.56 Å². The molecule has 0 saturated heterocycles. The molecular formula is C14H14N4O3. The fraction of sp³-hybridized carbons (Fsp3) is 0.143. The van der Waals surface area contributed by atoms with Crippen molar-refractivity contribution in [2.45, 2.75) is 6.54 Å². The van der Waals surface area contributed by atoms with Crippen LogP contribution in [0.3, 0.4) is 0 Å². The van der Waals surface area contributed by atoms with Gasteiger partial charge in [-0.1, -0.05) is 12.1 Å². The van der Waals surface area contributed by atoms with Gasteiger partial charge in [-0.15, -0.1) is 10.2 Å². The number of aromatic carboxylic acids is 1. The van der Waals surface area contributed by atoms with Gasteiger partial charge in [-0.3, -0.25) is 4.79 Å². The highest BCUT2D eigenvalue weighted by Gasteiger charge is 2.05. The van der Waals surface area contributed by atoms with Crippen LogP contribution in [0.15, 0.2) is 36.4 Å². The lowest BCUT2D eigenvalue weighted by Crippen LogP contribution is -2.19. The van der Waals surface area contributed by atoms with Gasteiger partial charge >= 0.3 is 5.97 Å². The number of aromatic nitrogens is 2. The van der Waals surface area contributed by atoms with Gasteiger partial charge in [0, 0.05) is 13.6 Å². The van der Waals surface area contributed by atoms with Gasteiger partial charge in [0.1, 0.15) is 5.82 Å². The summed E-state index contributed by atoms with van der Waals surface area (Å²) in [4.78, 5) is 22.0. The first kappa shape index (κ1) is 14.4. The molecule has 0 bridgehead atoms. The second-order valence-corrected chi connectivity index (χ2v) is 4.24. The number of carbonyl (C=O) groups excluding carboxylic acids is 1. The van der Waals surface area contributed by atoms with Gasteiger partial charge in [-0.2, -0.15) is 0 Å². The predicted octanol–water partition coefficient (Wildman–Crippen LogP) is 1.15. The lowest BCUT2D eigenvalue weighted by atomic mass is 10.1. The van der Waals surface area contributed by atoms with E-state index in [2.05, 4.69) is 20.8 Å². The van der Waals surface area contributed by atoms with E-state index in [1.54, 1.807) is 36.4 Å². The standard InChI is InChI=1S/C14H14N4O3/c1-15-13(19)11-6-7-12(18-17-11)16-8-9-2-4-10(5-3-9)14(20)21/h2-7H,8H2,1H3,(H,15,19)(H,16,18)(H,20,21). The summed E-state index contributed by atoms with van der Waals surface area (Å²) < 4.78 is 0. The molecule has 0 fully saturated rings. The minimum atomic E-state index is -0.954. The van der Waals surface area contributed by atoms with Crippen LogP contribution in [-0.2, 0) is 6.54 Å². The van der Waals surface area contributed by atoms with Crippen molar-refractivity contribution in [1.29, 1.82) is 0 Å². The topological polar surface area (TPSA) is 104 Å². The van der Waals surface area contributed by atoms with Crippen LogP contribution in [0.5, 0.6) is 0 Å². The molecule has 0 aliphatic carbocycles. The van der Waals surface area contributed by atoms with Gasteiger partial charge < -0.3 is 15.7 Å². The molecule has 0 radical (unpaired) electrons. The van der Waals surface area contributed by atoms with Crippen molar-refractivity contribution in [3.8, 4) is 0 Å². The van der Waals surface area contributed by atoms with Crippen LogP contribution in [0.25, 0.3) is 0 Å². The third-order valence-electron chi connectivity index (χ3n) is 2.80. The largest absolute Gasteiger partial charge is 0.478 e. The van der Waals surface area contributed by atoms with Crippen molar-refractivity contribution >= 4 is 17.7 Å².